The van der Waals surface area contributed by atoms with E-state index >= 15 is 0 Å². The normalized spacial score (nSPS) is 15.0. The summed E-state index contributed by atoms with van der Waals surface area (Å²) in [6.07, 6.45) is 5.55. The fourth-order valence-electron chi connectivity index (χ4n) is 4.17. The highest BCUT2D eigenvalue weighted by Gasteiger charge is 2.26. The molecule has 0 unspecified atom stereocenters. The first kappa shape index (κ1) is 24.6. The van der Waals surface area contributed by atoms with Gasteiger partial charge < -0.3 is 16.0 Å². The number of hydrogen-bond donors (Lipinski definition) is 3. The summed E-state index contributed by atoms with van der Waals surface area (Å²) in [5, 5.41) is 8.63. The third-order valence-electron chi connectivity index (χ3n) is 5.90. The number of benzene rings is 2. The van der Waals surface area contributed by atoms with Crippen LogP contribution in [0.15, 0.2) is 42.5 Å². The van der Waals surface area contributed by atoms with Crippen molar-refractivity contribution < 1.29 is 22.8 Å². The van der Waals surface area contributed by atoms with Gasteiger partial charge in [-0.25, -0.2) is 13.2 Å². The van der Waals surface area contributed by atoms with Crippen LogP contribution >= 0.6 is 0 Å². The topological polar surface area (TPSA) is 70.2 Å². The quantitative estimate of drug-likeness (QED) is 0.462. The van der Waals surface area contributed by atoms with Crippen LogP contribution in [-0.4, -0.2) is 30.9 Å². The van der Waals surface area contributed by atoms with Crippen LogP contribution in [0.3, 0.4) is 0 Å². The van der Waals surface area contributed by atoms with E-state index in [0.29, 0.717) is 25.4 Å². The molecule has 1 aliphatic carbocycles. The molecule has 1 atom stereocenters. The van der Waals surface area contributed by atoms with Crippen LogP contribution in [0.5, 0.6) is 0 Å². The molecular formula is C25H30F3N3O2. The van der Waals surface area contributed by atoms with Crippen LogP contribution in [0, 0.1) is 23.4 Å². The highest BCUT2D eigenvalue weighted by Crippen LogP contribution is 2.27. The summed E-state index contributed by atoms with van der Waals surface area (Å²) in [5.74, 6) is -2.11. The van der Waals surface area contributed by atoms with Crippen molar-refractivity contribution in [3.8, 4) is 0 Å². The Morgan fingerprint density at radius 3 is 2.33 bits per heavy atom. The monoisotopic (exact) mass is 461 g/mol. The Labute approximate surface area is 192 Å². The minimum absolute atomic E-state index is 0.0483. The Kier molecular flexibility index (Phi) is 9.15. The summed E-state index contributed by atoms with van der Waals surface area (Å²) >= 11 is 0. The van der Waals surface area contributed by atoms with Gasteiger partial charge in [-0.15, -0.1) is 0 Å². The number of rotatable bonds is 10. The highest BCUT2D eigenvalue weighted by molar-refractivity contribution is 5.88. The van der Waals surface area contributed by atoms with Gasteiger partial charge >= 0.3 is 0 Å². The van der Waals surface area contributed by atoms with Gasteiger partial charge in [0, 0.05) is 24.3 Å². The summed E-state index contributed by atoms with van der Waals surface area (Å²) in [4.78, 5) is 25.4. The SMILES string of the molecule is O=C(Cc1cc(F)ccc1F)N[C@@H](CC1CCCCC1)C(=O)NCCNc1ccc(F)cc1. The number of halogens is 3. The van der Waals surface area contributed by atoms with Crippen molar-refractivity contribution in [3.05, 3.63) is 65.5 Å². The summed E-state index contributed by atoms with van der Waals surface area (Å²) in [6, 6.07) is 8.13. The Hall–Kier alpha value is -3.03. The average Bonchev–Trinajstić information content (AvgIpc) is 2.80. The van der Waals surface area contributed by atoms with Crippen molar-refractivity contribution in [2.75, 3.05) is 18.4 Å². The van der Waals surface area contributed by atoms with Crippen LogP contribution in [-0.2, 0) is 16.0 Å². The Bertz CT molecular complexity index is 931. The molecule has 0 heterocycles. The molecule has 0 aliphatic heterocycles. The van der Waals surface area contributed by atoms with Gasteiger partial charge in [-0.3, -0.25) is 9.59 Å². The number of hydrogen-bond acceptors (Lipinski definition) is 3. The van der Waals surface area contributed by atoms with Crippen molar-refractivity contribution in [2.45, 2.75) is 51.0 Å². The second kappa shape index (κ2) is 12.3. The Morgan fingerprint density at radius 2 is 1.61 bits per heavy atom. The van der Waals surface area contributed by atoms with Crippen LogP contribution < -0.4 is 16.0 Å². The maximum atomic E-state index is 13.9. The zero-order chi connectivity index (χ0) is 23.6. The first-order chi connectivity index (χ1) is 15.9. The number of amides is 2. The van der Waals surface area contributed by atoms with E-state index in [1.54, 1.807) is 12.1 Å². The molecule has 3 rings (SSSR count). The minimum Gasteiger partial charge on any atom is -0.383 e. The van der Waals surface area contributed by atoms with E-state index in [1.807, 2.05) is 0 Å². The van der Waals surface area contributed by atoms with Crippen molar-refractivity contribution >= 4 is 17.5 Å². The van der Waals surface area contributed by atoms with Gasteiger partial charge in [-0.05, 0) is 54.8 Å². The van der Waals surface area contributed by atoms with Gasteiger partial charge in [0.15, 0.2) is 0 Å². The Balaban J connectivity index is 1.55. The van der Waals surface area contributed by atoms with Crippen LogP contribution in [0.2, 0.25) is 0 Å². The third kappa shape index (κ3) is 8.11. The lowest BCUT2D eigenvalue weighted by atomic mass is 9.84. The largest absolute Gasteiger partial charge is 0.383 e. The molecule has 8 heteroatoms. The van der Waals surface area contributed by atoms with Gasteiger partial charge in [0.05, 0.1) is 6.42 Å². The van der Waals surface area contributed by atoms with Gasteiger partial charge in [-0.2, -0.15) is 0 Å². The fraction of sp³-hybridized carbons (Fsp3) is 0.440. The predicted octanol–water partition coefficient (Wildman–Crippen LogP) is 4.33. The molecule has 0 bridgehead atoms. The maximum Gasteiger partial charge on any atom is 0.242 e. The summed E-state index contributed by atoms with van der Waals surface area (Å²) in [7, 11) is 0. The highest BCUT2D eigenvalue weighted by atomic mass is 19.1. The van der Waals surface area contributed by atoms with Crippen LogP contribution in [0.1, 0.15) is 44.1 Å². The molecule has 178 valence electrons. The van der Waals surface area contributed by atoms with Crippen molar-refractivity contribution in [1.29, 1.82) is 0 Å². The molecule has 0 saturated heterocycles. The molecular weight excluding hydrogens is 431 g/mol. The zero-order valence-corrected chi connectivity index (χ0v) is 18.5. The summed E-state index contributed by atoms with van der Waals surface area (Å²) in [6.45, 7) is 0.738. The first-order valence-corrected chi connectivity index (χ1v) is 11.4. The molecule has 2 amide bonds. The third-order valence-corrected chi connectivity index (χ3v) is 5.90. The van der Waals surface area contributed by atoms with Crippen molar-refractivity contribution in [3.63, 3.8) is 0 Å². The smallest absolute Gasteiger partial charge is 0.242 e. The standard InChI is InChI=1S/C25H30F3N3O2/c26-19-6-9-21(10-7-19)29-12-13-30-25(33)23(14-17-4-2-1-3-5-17)31-24(32)16-18-15-20(27)8-11-22(18)28/h6-11,15,17,23,29H,1-5,12-14,16H2,(H,30,33)(H,31,32)/t23-/m0/s1. The molecule has 0 aromatic heterocycles. The fourth-order valence-corrected chi connectivity index (χ4v) is 4.17. The van der Waals surface area contributed by atoms with E-state index in [-0.39, 0.29) is 23.7 Å². The molecule has 1 fully saturated rings. The minimum atomic E-state index is -0.747. The molecule has 5 nitrogen and oxygen atoms in total. The molecule has 3 N–H and O–H groups in total. The van der Waals surface area contributed by atoms with E-state index in [0.717, 1.165) is 49.6 Å². The van der Waals surface area contributed by atoms with Crippen molar-refractivity contribution in [2.24, 2.45) is 5.92 Å². The predicted molar refractivity (Wildman–Crippen MR) is 121 cm³/mol. The second-order valence-corrected chi connectivity index (χ2v) is 8.50. The molecule has 2 aromatic rings. The van der Waals surface area contributed by atoms with Crippen LogP contribution in [0.4, 0.5) is 18.9 Å². The number of nitrogens with one attached hydrogen (secondary N) is 3. The second-order valence-electron chi connectivity index (χ2n) is 8.50. The van der Waals surface area contributed by atoms with Gasteiger partial charge in [0.2, 0.25) is 11.8 Å². The average molecular weight is 462 g/mol. The molecule has 2 aromatic carbocycles. The zero-order valence-electron chi connectivity index (χ0n) is 18.5. The maximum absolute atomic E-state index is 13.9. The van der Waals surface area contributed by atoms with Gasteiger partial charge in [-0.1, -0.05) is 32.1 Å². The van der Waals surface area contributed by atoms with E-state index in [1.165, 1.54) is 18.6 Å². The van der Waals surface area contributed by atoms with E-state index < -0.39 is 23.6 Å². The Morgan fingerprint density at radius 1 is 0.909 bits per heavy atom. The lowest BCUT2D eigenvalue weighted by Gasteiger charge is -2.26. The molecule has 0 radical (unpaired) electrons. The first-order valence-electron chi connectivity index (χ1n) is 11.4. The lowest BCUT2D eigenvalue weighted by molar-refractivity contribution is -0.129. The van der Waals surface area contributed by atoms with Crippen LogP contribution in [0.25, 0.3) is 0 Å². The van der Waals surface area contributed by atoms with E-state index in [4.69, 9.17) is 0 Å². The molecule has 33 heavy (non-hydrogen) atoms. The lowest BCUT2D eigenvalue weighted by Crippen LogP contribution is -2.49. The summed E-state index contributed by atoms with van der Waals surface area (Å²) < 4.78 is 40.3. The number of anilines is 1. The molecule has 1 aliphatic rings. The van der Waals surface area contributed by atoms with Gasteiger partial charge in [0.1, 0.15) is 23.5 Å². The van der Waals surface area contributed by atoms with Gasteiger partial charge in [0.25, 0.3) is 0 Å². The number of carbonyl (C=O) groups is 2. The van der Waals surface area contributed by atoms with Crippen molar-refractivity contribution in [1.82, 2.24) is 10.6 Å². The van der Waals surface area contributed by atoms with E-state index in [2.05, 4.69) is 16.0 Å². The summed E-state index contributed by atoms with van der Waals surface area (Å²) in [5.41, 5.74) is 0.683. The van der Waals surface area contributed by atoms with E-state index in [9.17, 15) is 22.8 Å². The molecule has 1 saturated carbocycles. The molecule has 0 spiro atoms. The number of carbonyl (C=O) groups excluding carboxylic acids is 2.